The molecule has 3 atom stereocenters. The minimum Gasteiger partial charge on any atom is -0.453 e. The summed E-state index contributed by atoms with van der Waals surface area (Å²) in [6.45, 7) is 1.34. The van der Waals surface area contributed by atoms with Crippen molar-refractivity contribution >= 4 is 39.6 Å². The number of nitrogens with one attached hydrogen (secondary N) is 1. The minimum atomic E-state index is -0.847. The van der Waals surface area contributed by atoms with Crippen molar-refractivity contribution in [3.8, 4) is 0 Å². The Kier molecular flexibility index (Phi) is 7.03. The molecule has 182 valence electrons. The third-order valence-electron chi connectivity index (χ3n) is 6.25. The lowest BCUT2D eigenvalue weighted by Gasteiger charge is -2.45. The van der Waals surface area contributed by atoms with Crippen LogP contribution in [0, 0.1) is 5.92 Å². The molecular weight excluding hydrogens is 538 g/mol. The number of amides is 1. The molecule has 0 saturated carbocycles. The maximum Gasteiger partial charge on any atom is 0.303 e. The number of ether oxygens (including phenoxy) is 1. The first-order valence-electron chi connectivity index (χ1n) is 11.6. The SMILES string of the molecule is CC(=O)OC(c1ccc(Br)o1)C1C(=O)NC1SC(c1ccccc1)(c1ccccc1)c1ccccc1. The molecule has 1 amide bonds. The Bertz CT molecular complexity index is 1250. The van der Waals surface area contributed by atoms with Crippen molar-refractivity contribution < 1.29 is 18.7 Å². The highest BCUT2D eigenvalue weighted by Crippen LogP contribution is 2.54. The lowest BCUT2D eigenvalue weighted by atomic mass is 9.84. The van der Waals surface area contributed by atoms with E-state index < -0.39 is 22.7 Å². The fourth-order valence-corrected chi connectivity index (χ4v) is 6.75. The Morgan fingerprint density at radius 1 is 0.889 bits per heavy atom. The molecule has 3 unspecified atom stereocenters. The van der Waals surface area contributed by atoms with Gasteiger partial charge >= 0.3 is 5.97 Å². The van der Waals surface area contributed by atoms with Crippen LogP contribution in [-0.4, -0.2) is 17.3 Å². The van der Waals surface area contributed by atoms with E-state index >= 15 is 0 Å². The summed E-state index contributed by atoms with van der Waals surface area (Å²) in [5.74, 6) is -0.870. The first-order chi connectivity index (χ1) is 17.5. The van der Waals surface area contributed by atoms with E-state index in [9.17, 15) is 9.59 Å². The molecule has 1 aliphatic rings. The molecule has 2 heterocycles. The third-order valence-corrected chi connectivity index (χ3v) is 8.40. The smallest absolute Gasteiger partial charge is 0.303 e. The van der Waals surface area contributed by atoms with Crippen LogP contribution >= 0.6 is 27.7 Å². The number of carbonyl (C=O) groups is 2. The molecule has 1 aromatic heterocycles. The number of rotatable bonds is 8. The Hall–Kier alpha value is -3.29. The Morgan fingerprint density at radius 2 is 1.39 bits per heavy atom. The number of halogens is 1. The molecule has 5 rings (SSSR count). The molecular formula is C29H24BrNO4S. The van der Waals surface area contributed by atoms with E-state index in [1.54, 1.807) is 23.9 Å². The Morgan fingerprint density at radius 3 is 1.78 bits per heavy atom. The van der Waals surface area contributed by atoms with Crippen molar-refractivity contribution in [1.82, 2.24) is 5.32 Å². The zero-order valence-electron chi connectivity index (χ0n) is 19.5. The molecule has 4 aromatic rings. The Balaban J connectivity index is 1.63. The summed E-state index contributed by atoms with van der Waals surface area (Å²) < 4.78 is 11.3. The van der Waals surface area contributed by atoms with Gasteiger partial charge in [0.2, 0.25) is 5.91 Å². The van der Waals surface area contributed by atoms with E-state index in [1.165, 1.54) is 6.92 Å². The van der Waals surface area contributed by atoms with Crippen LogP contribution < -0.4 is 5.32 Å². The van der Waals surface area contributed by atoms with Crippen molar-refractivity contribution in [2.24, 2.45) is 5.92 Å². The minimum absolute atomic E-state index is 0.186. The molecule has 3 aromatic carbocycles. The van der Waals surface area contributed by atoms with Gasteiger partial charge in [-0.15, -0.1) is 11.8 Å². The van der Waals surface area contributed by atoms with Gasteiger partial charge < -0.3 is 14.5 Å². The fourth-order valence-electron chi connectivity index (χ4n) is 4.65. The topological polar surface area (TPSA) is 68.5 Å². The van der Waals surface area contributed by atoms with Crippen LogP contribution in [0.3, 0.4) is 0 Å². The summed E-state index contributed by atoms with van der Waals surface area (Å²) in [6, 6.07) is 34.2. The van der Waals surface area contributed by atoms with Gasteiger partial charge in [0.1, 0.15) is 11.7 Å². The van der Waals surface area contributed by atoms with Gasteiger partial charge in [-0.3, -0.25) is 9.59 Å². The molecule has 1 fully saturated rings. The summed E-state index contributed by atoms with van der Waals surface area (Å²) in [7, 11) is 0. The summed E-state index contributed by atoms with van der Waals surface area (Å²) in [5.41, 5.74) is 3.24. The van der Waals surface area contributed by atoms with Crippen molar-refractivity contribution in [2.75, 3.05) is 0 Å². The van der Waals surface area contributed by atoms with Gasteiger partial charge in [0, 0.05) is 6.92 Å². The number of β-lactam (4-membered cyclic amide) rings is 1. The summed E-state index contributed by atoms with van der Waals surface area (Å²) in [6.07, 6.45) is -0.847. The molecule has 0 radical (unpaired) electrons. The molecule has 0 aliphatic carbocycles. The zero-order chi connectivity index (χ0) is 25.1. The molecule has 1 aliphatic heterocycles. The normalized spacial score (nSPS) is 18.1. The van der Waals surface area contributed by atoms with E-state index in [2.05, 4.69) is 57.6 Å². The third kappa shape index (κ3) is 4.61. The standard InChI is InChI=1S/C29H24BrNO4S/c1-19(32)34-26(23-17-18-24(30)35-23)25-27(33)31-28(25)36-29(20-11-5-2-6-12-20,21-13-7-3-8-14-21)22-15-9-4-10-16-22/h2-18,25-26,28H,1H3,(H,31,33). The number of esters is 1. The lowest BCUT2D eigenvalue weighted by Crippen LogP contribution is -2.60. The quantitative estimate of drug-likeness (QED) is 0.152. The average Bonchev–Trinajstić information content (AvgIpc) is 3.33. The zero-order valence-corrected chi connectivity index (χ0v) is 21.9. The largest absolute Gasteiger partial charge is 0.453 e. The van der Waals surface area contributed by atoms with Gasteiger partial charge in [0.05, 0.1) is 10.1 Å². The number of carbonyl (C=O) groups excluding carboxylic acids is 2. The first kappa shape index (κ1) is 24.4. The second-order valence-corrected chi connectivity index (χ2v) is 10.7. The fraction of sp³-hybridized carbons (Fsp3) is 0.172. The van der Waals surface area contributed by atoms with E-state index in [1.807, 2.05) is 54.6 Å². The number of benzene rings is 3. The van der Waals surface area contributed by atoms with Crippen LogP contribution in [0.15, 0.2) is 112 Å². The molecule has 1 N–H and O–H groups in total. The predicted molar refractivity (Wildman–Crippen MR) is 143 cm³/mol. The summed E-state index contributed by atoms with van der Waals surface area (Å²) in [4.78, 5) is 25.0. The van der Waals surface area contributed by atoms with Crippen LogP contribution in [0.2, 0.25) is 0 Å². The highest BCUT2D eigenvalue weighted by Gasteiger charge is 2.53. The number of thioether (sulfide) groups is 1. The van der Waals surface area contributed by atoms with Gasteiger partial charge in [-0.1, -0.05) is 91.0 Å². The van der Waals surface area contributed by atoms with Crippen LogP contribution in [-0.2, 0) is 19.1 Å². The van der Waals surface area contributed by atoms with Crippen molar-refractivity contribution in [2.45, 2.75) is 23.1 Å². The molecule has 1 saturated heterocycles. The molecule has 0 spiro atoms. The van der Waals surface area contributed by atoms with Crippen molar-refractivity contribution in [3.05, 3.63) is 130 Å². The highest BCUT2D eigenvalue weighted by molar-refractivity contribution is 9.10. The Labute approximate surface area is 222 Å². The van der Waals surface area contributed by atoms with E-state index in [0.29, 0.717) is 10.4 Å². The van der Waals surface area contributed by atoms with Crippen LogP contribution in [0.25, 0.3) is 0 Å². The number of hydrogen-bond acceptors (Lipinski definition) is 5. The van der Waals surface area contributed by atoms with Crippen LogP contribution in [0.4, 0.5) is 0 Å². The monoisotopic (exact) mass is 561 g/mol. The van der Waals surface area contributed by atoms with Crippen molar-refractivity contribution in [1.29, 1.82) is 0 Å². The molecule has 36 heavy (non-hydrogen) atoms. The molecule has 7 heteroatoms. The van der Waals surface area contributed by atoms with Gasteiger partial charge in [-0.25, -0.2) is 0 Å². The van der Waals surface area contributed by atoms with Gasteiger partial charge in [-0.2, -0.15) is 0 Å². The van der Waals surface area contributed by atoms with E-state index in [4.69, 9.17) is 9.15 Å². The van der Waals surface area contributed by atoms with Crippen molar-refractivity contribution in [3.63, 3.8) is 0 Å². The number of furan rings is 1. The second-order valence-electron chi connectivity index (χ2n) is 8.52. The van der Waals surface area contributed by atoms with Gasteiger partial charge in [0.25, 0.3) is 0 Å². The summed E-state index contributed by atoms with van der Waals surface area (Å²) in [5, 5.41) is 2.71. The molecule has 0 bridgehead atoms. The maximum absolute atomic E-state index is 13.0. The van der Waals surface area contributed by atoms with Crippen LogP contribution in [0.1, 0.15) is 35.5 Å². The first-order valence-corrected chi connectivity index (χ1v) is 13.2. The number of hydrogen-bond donors (Lipinski definition) is 1. The second kappa shape index (κ2) is 10.4. The highest BCUT2D eigenvalue weighted by atomic mass is 79.9. The van der Waals surface area contributed by atoms with Gasteiger partial charge in [0.15, 0.2) is 10.8 Å². The van der Waals surface area contributed by atoms with Crippen LogP contribution in [0.5, 0.6) is 0 Å². The predicted octanol–water partition coefficient (Wildman–Crippen LogP) is 6.44. The molecule has 5 nitrogen and oxygen atoms in total. The average molecular weight is 562 g/mol. The lowest BCUT2D eigenvalue weighted by molar-refractivity contribution is -0.157. The summed E-state index contributed by atoms with van der Waals surface area (Å²) >= 11 is 4.94. The van der Waals surface area contributed by atoms with E-state index in [0.717, 1.165) is 16.7 Å². The van der Waals surface area contributed by atoms with Gasteiger partial charge in [-0.05, 0) is 44.8 Å². The maximum atomic E-state index is 13.0. The van der Waals surface area contributed by atoms with E-state index in [-0.39, 0.29) is 11.3 Å².